The summed E-state index contributed by atoms with van der Waals surface area (Å²) in [6.45, 7) is 2.07. The Kier molecular flexibility index (Phi) is 4.29. The summed E-state index contributed by atoms with van der Waals surface area (Å²) >= 11 is 7.48. The van der Waals surface area contributed by atoms with Crippen LogP contribution in [-0.2, 0) is 0 Å². The van der Waals surface area contributed by atoms with Crippen LogP contribution in [0.1, 0.15) is 43.5 Å². The molecule has 1 aliphatic rings. The molecule has 0 spiro atoms. The maximum absolute atomic E-state index is 5.91. The number of guanidine groups is 1. The van der Waals surface area contributed by atoms with E-state index in [-0.39, 0.29) is 6.04 Å². The Morgan fingerprint density at radius 1 is 1.53 bits per heavy atom. The molecule has 1 heterocycles. The first-order valence-corrected chi connectivity index (χ1v) is 7.19. The number of rotatable bonds is 3. The lowest BCUT2D eigenvalue weighted by Gasteiger charge is -2.14. The van der Waals surface area contributed by atoms with Gasteiger partial charge in [0.2, 0.25) is 0 Å². The standard InChI is InChI=1S/C12H18ClN3S/c1-8(10-6-7-11(13)17-10)15-12(14)16-9-4-2-3-5-9/h6-9H,2-5H2,1H3,(H3,14,15,16). The van der Waals surface area contributed by atoms with Gasteiger partial charge in [0, 0.05) is 4.88 Å². The van der Waals surface area contributed by atoms with E-state index in [1.165, 1.54) is 30.6 Å². The molecule has 1 atom stereocenters. The van der Waals surface area contributed by atoms with E-state index in [4.69, 9.17) is 17.3 Å². The molecule has 0 aromatic carbocycles. The van der Waals surface area contributed by atoms with Gasteiger partial charge in [-0.15, -0.1) is 11.3 Å². The van der Waals surface area contributed by atoms with E-state index in [0.717, 1.165) is 4.34 Å². The van der Waals surface area contributed by atoms with Crippen LogP contribution in [0.4, 0.5) is 0 Å². The molecule has 1 saturated carbocycles. The fraction of sp³-hybridized carbons (Fsp3) is 0.583. The molecule has 0 radical (unpaired) electrons. The number of nitrogens with zero attached hydrogens (tertiary/aromatic N) is 1. The van der Waals surface area contributed by atoms with Gasteiger partial charge in [-0.2, -0.15) is 0 Å². The van der Waals surface area contributed by atoms with E-state index in [0.29, 0.717) is 12.0 Å². The predicted molar refractivity (Wildman–Crippen MR) is 74.8 cm³/mol. The van der Waals surface area contributed by atoms with E-state index in [2.05, 4.69) is 17.2 Å². The van der Waals surface area contributed by atoms with Crippen molar-refractivity contribution in [1.29, 1.82) is 0 Å². The molecular weight excluding hydrogens is 254 g/mol. The molecule has 0 aliphatic heterocycles. The zero-order valence-electron chi connectivity index (χ0n) is 9.95. The highest BCUT2D eigenvalue weighted by molar-refractivity contribution is 7.16. The second-order valence-electron chi connectivity index (χ2n) is 4.46. The van der Waals surface area contributed by atoms with Crippen molar-refractivity contribution in [3.05, 3.63) is 21.3 Å². The Bertz CT molecular complexity index is 396. The van der Waals surface area contributed by atoms with E-state index < -0.39 is 0 Å². The molecule has 3 N–H and O–H groups in total. The summed E-state index contributed by atoms with van der Waals surface area (Å²) in [6, 6.07) is 4.51. The Balaban J connectivity index is 1.91. The van der Waals surface area contributed by atoms with Crippen molar-refractivity contribution in [2.75, 3.05) is 0 Å². The van der Waals surface area contributed by atoms with Crippen molar-refractivity contribution >= 4 is 28.9 Å². The minimum atomic E-state index is 0.164. The van der Waals surface area contributed by atoms with Gasteiger partial charge in [-0.05, 0) is 31.9 Å². The zero-order valence-corrected chi connectivity index (χ0v) is 11.5. The van der Waals surface area contributed by atoms with Crippen LogP contribution in [0.3, 0.4) is 0 Å². The summed E-state index contributed by atoms with van der Waals surface area (Å²) in [6.07, 6.45) is 4.89. The van der Waals surface area contributed by atoms with Crippen molar-refractivity contribution in [3.8, 4) is 0 Å². The van der Waals surface area contributed by atoms with Crippen LogP contribution >= 0.6 is 22.9 Å². The van der Waals surface area contributed by atoms with Crippen molar-refractivity contribution in [2.24, 2.45) is 10.7 Å². The Hall–Kier alpha value is -0.740. The molecule has 0 saturated heterocycles. The molecular formula is C12H18ClN3S. The molecule has 1 aromatic heterocycles. The molecule has 0 amide bonds. The van der Waals surface area contributed by atoms with Crippen molar-refractivity contribution < 1.29 is 0 Å². The lowest BCUT2D eigenvalue weighted by Crippen LogP contribution is -2.34. The molecule has 3 nitrogen and oxygen atoms in total. The van der Waals surface area contributed by atoms with Gasteiger partial charge in [0.1, 0.15) is 0 Å². The fourth-order valence-corrected chi connectivity index (χ4v) is 3.18. The topological polar surface area (TPSA) is 50.4 Å². The number of thiophene rings is 1. The van der Waals surface area contributed by atoms with E-state index in [9.17, 15) is 0 Å². The summed E-state index contributed by atoms with van der Waals surface area (Å²) in [5.74, 6) is 0.550. The number of aliphatic imine (C=N–C) groups is 1. The molecule has 1 aliphatic carbocycles. The lowest BCUT2D eigenvalue weighted by molar-refractivity contribution is 0.674. The van der Waals surface area contributed by atoms with E-state index >= 15 is 0 Å². The fourth-order valence-electron chi connectivity index (χ4n) is 2.12. The maximum atomic E-state index is 5.91. The quantitative estimate of drug-likeness (QED) is 0.655. The van der Waals surface area contributed by atoms with Gasteiger partial charge < -0.3 is 11.1 Å². The zero-order chi connectivity index (χ0) is 12.3. The predicted octanol–water partition coefficient (Wildman–Crippen LogP) is 3.31. The molecule has 1 unspecified atom stereocenters. The van der Waals surface area contributed by atoms with Crippen molar-refractivity contribution in [1.82, 2.24) is 5.32 Å². The van der Waals surface area contributed by atoms with Crippen LogP contribution in [0, 0.1) is 0 Å². The monoisotopic (exact) mass is 271 g/mol. The SMILES string of the molecule is CC(NC(N)=NC1CCCC1)c1ccc(Cl)s1. The molecule has 5 heteroatoms. The number of hydrogen-bond donors (Lipinski definition) is 2. The van der Waals surface area contributed by atoms with Gasteiger partial charge in [0.15, 0.2) is 5.96 Å². The lowest BCUT2D eigenvalue weighted by atomic mass is 10.2. The molecule has 17 heavy (non-hydrogen) atoms. The smallest absolute Gasteiger partial charge is 0.189 e. The normalized spacial score (nSPS) is 19.5. The van der Waals surface area contributed by atoms with Crippen LogP contribution < -0.4 is 11.1 Å². The third-order valence-electron chi connectivity index (χ3n) is 3.03. The Morgan fingerprint density at radius 3 is 2.82 bits per heavy atom. The number of nitrogens with one attached hydrogen (secondary N) is 1. The molecule has 1 fully saturated rings. The van der Waals surface area contributed by atoms with E-state index in [1.54, 1.807) is 11.3 Å². The molecule has 0 bridgehead atoms. The highest BCUT2D eigenvalue weighted by atomic mass is 35.5. The van der Waals surface area contributed by atoms with Gasteiger partial charge >= 0.3 is 0 Å². The van der Waals surface area contributed by atoms with Gasteiger partial charge in [0.25, 0.3) is 0 Å². The first-order valence-electron chi connectivity index (χ1n) is 6.00. The summed E-state index contributed by atoms with van der Waals surface area (Å²) in [4.78, 5) is 5.68. The van der Waals surface area contributed by atoms with Gasteiger partial charge in [-0.25, -0.2) is 0 Å². The Labute approximate surface area is 111 Å². The summed E-state index contributed by atoms with van der Waals surface area (Å²) in [7, 11) is 0. The maximum Gasteiger partial charge on any atom is 0.189 e. The van der Waals surface area contributed by atoms with E-state index in [1.807, 2.05) is 12.1 Å². The largest absolute Gasteiger partial charge is 0.370 e. The van der Waals surface area contributed by atoms with Gasteiger partial charge in [0.05, 0.1) is 16.4 Å². The third-order valence-corrected chi connectivity index (χ3v) is 4.45. The third kappa shape index (κ3) is 3.61. The van der Waals surface area contributed by atoms with Crippen molar-refractivity contribution in [2.45, 2.75) is 44.7 Å². The first kappa shape index (κ1) is 12.7. The molecule has 94 valence electrons. The average molecular weight is 272 g/mol. The van der Waals surface area contributed by atoms with Gasteiger partial charge in [-0.1, -0.05) is 24.4 Å². The van der Waals surface area contributed by atoms with Gasteiger partial charge in [-0.3, -0.25) is 4.99 Å². The minimum absolute atomic E-state index is 0.164. The Morgan fingerprint density at radius 2 is 2.24 bits per heavy atom. The molecule has 1 aromatic rings. The van der Waals surface area contributed by atoms with Crippen LogP contribution in [-0.4, -0.2) is 12.0 Å². The molecule has 2 rings (SSSR count). The second kappa shape index (κ2) is 5.74. The second-order valence-corrected chi connectivity index (χ2v) is 6.21. The number of hydrogen-bond acceptors (Lipinski definition) is 2. The highest BCUT2D eigenvalue weighted by Gasteiger charge is 2.15. The van der Waals surface area contributed by atoms with Crippen LogP contribution in [0.15, 0.2) is 17.1 Å². The summed E-state index contributed by atoms with van der Waals surface area (Å²) in [5, 5.41) is 3.22. The number of halogens is 1. The minimum Gasteiger partial charge on any atom is -0.370 e. The van der Waals surface area contributed by atoms with Crippen LogP contribution in [0.5, 0.6) is 0 Å². The number of nitrogens with two attached hydrogens (primary N) is 1. The van der Waals surface area contributed by atoms with Crippen LogP contribution in [0.2, 0.25) is 4.34 Å². The summed E-state index contributed by atoms with van der Waals surface area (Å²) < 4.78 is 0.806. The van der Waals surface area contributed by atoms with Crippen molar-refractivity contribution in [3.63, 3.8) is 0 Å². The van der Waals surface area contributed by atoms with Crippen LogP contribution in [0.25, 0.3) is 0 Å². The average Bonchev–Trinajstić information content (AvgIpc) is 2.89. The summed E-state index contributed by atoms with van der Waals surface area (Å²) in [5.41, 5.74) is 5.91. The highest BCUT2D eigenvalue weighted by Crippen LogP contribution is 2.26. The first-order chi connectivity index (χ1) is 8.15.